The second-order valence-electron chi connectivity index (χ2n) is 2.82. The van der Waals surface area contributed by atoms with Crippen molar-refractivity contribution in [3.63, 3.8) is 0 Å². The zero-order chi connectivity index (χ0) is 11.4. The Morgan fingerprint density at radius 3 is 2.73 bits per heavy atom. The van der Waals surface area contributed by atoms with Crippen molar-refractivity contribution in [1.29, 1.82) is 5.26 Å². The molecule has 0 bridgehead atoms. The molecule has 0 fully saturated rings. The van der Waals surface area contributed by atoms with Crippen LogP contribution in [0.2, 0.25) is 0 Å². The smallest absolute Gasteiger partial charge is 0.339 e. The van der Waals surface area contributed by atoms with Gasteiger partial charge in [0.2, 0.25) is 0 Å². The van der Waals surface area contributed by atoms with Gasteiger partial charge in [-0.2, -0.15) is 5.26 Å². The van der Waals surface area contributed by atoms with Gasteiger partial charge in [-0.3, -0.25) is 0 Å². The lowest BCUT2D eigenvalue weighted by atomic mass is 10.1. The number of esters is 1. The summed E-state index contributed by atoms with van der Waals surface area (Å²) in [5.41, 5.74) is 11.7. The Balaban J connectivity index is 3.26. The van der Waals surface area contributed by atoms with Gasteiger partial charge < -0.3 is 16.2 Å². The third kappa shape index (κ3) is 1.99. The van der Waals surface area contributed by atoms with Crippen LogP contribution in [0.15, 0.2) is 12.1 Å². The molecule has 5 nitrogen and oxygen atoms in total. The van der Waals surface area contributed by atoms with Crippen LogP contribution in [0.1, 0.15) is 22.8 Å². The van der Waals surface area contributed by atoms with Gasteiger partial charge in [-0.1, -0.05) is 0 Å². The highest BCUT2D eigenvalue weighted by Gasteiger charge is 2.16. The Morgan fingerprint density at radius 1 is 1.53 bits per heavy atom. The van der Waals surface area contributed by atoms with E-state index >= 15 is 0 Å². The SMILES string of the molecule is CCOC(=O)c1ccc(N)c(N)c1C#N. The monoisotopic (exact) mass is 205 g/mol. The van der Waals surface area contributed by atoms with Crippen LogP contribution in [0.4, 0.5) is 11.4 Å². The Hall–Kier alpha value is -2.22. The minimum absolute atomic E-state index is 0.0634. The van der Waals surface area contributed by atoms with Crippen LogP contribution < -0.4 is 11.5 Å². The van der Waals surface area contributed by atoms with E-state index in [0.29, 0.717) is 0 Å². The van der Waals surface area contributed by atoms with Gasteiger partial charge in [-0.05, 0) is 19.1 Å². The van der Waals surface area contributed by atoms with E-state index in [-0.39, 0.29) is 29.1 Å². The van der Waals surface area contributed by atoms with E-state index in [1.807, 2.05) is 6.07 Å². The highest BCUT2D eigenvalue weighted by Crippen LogP contribution is 2.23. The summed E-state index contributed by atoms with van der Waals surface area (Å²) in [5.74, 6) is -0.569. The summed E-state index contributed by atoms with van der Waals surface area (Å²) in [7, 11) is 0. The van der Waals surface area contributed by atoms with Gasteiger partial charge >= 0.3 is 5.97 Å². The fourth-order valence-corrected chi connectivity index (χ4v) is 1.14. The van der Waals surface area contributed by atoms with Gasteiger partial charge in [0.1, 0.15) is 6.07 Å². The molecule has 5 heteroatoms. The maximum absolute atomic E-state index is 11.4. The van der Waals surface area contributed by atoms with Crippen LogP contribution in [0.3, 0.4) is 0 Å². The topological polar surface area (TPSA) is 102 Å². The fraction of sp³-hybridized carbons (Fsp3) is 0.200. The van der Waals surface area contributed by atoms with E-state index in [2.05, 4.69) is 0 Å². The molecule has 78 valence electrons. The summed E-state index contributed by atoms with van der Waals surface area (Å²) in [5, 5.41) is 8.85. The number of hydrogen-bond donors (Lipinski definition) is 2. The van der Waals surface area contributed by atoms with E-state index in [1.54, 1.807) is 6.92 Å². The van der Waals surface area contributed by atoms with Gasteiger partial charge in [-0.25, -0.2) is 4.79 Å². The van der Waals surface area contributed by atoms with Crippen molar-refractivity contribution in [3.05, 3.63) is 23.3 Å². The summed E-state index contributed by atoms with van der Waals surface area (Å²) in [4.78, 5) is 11.4. The first-order chi connectivity index (χ1) is 7.11. The molecule has 0 atom stereocenters. The summed E-state index contributed by atoms with van der Waals surface area (Å²) in [6.45, 7) is 1.93. The molecule has 0 spiro atoms. The largest absolute Gasteiger partial charge is 0.462 e. The molecule has 0 amide bonds. The van der Waals surface area contributed by atoms with Gasteiger partial charge in [0, 0.05) is 0 Å². The fourth-order valence-electron chi connectivity index (χ4n) is 1.14. The van der Waals surface area contributed by atoms with Gasteiger partial charge in [0.05, 0.1) is 29.1 Å². The molecule has 1 aromatic carbocycles. The third-order valence-electron chi connectivity index (χ3n) is 1.89. The zero-order valence-corrected chi connectivity index (χ0v) is 8.28. The maximum atomic E-state index is 11.4. The molecule has 1 aromatic rings. The molecule has 1 rings (SSSR count). The van der Waals surface area contributed by atoms with Crippen LogP contribution in [0.25, 0.3) is 0 Å². The number of anilines is 2. The molecule has 15 heavy (non-hydrogen) atoms. The number of hydrogen-bond acceptors (Lipinski definition) is 5. The first-order valence-electron chi connectivity index (χ1n) is 4.37. The molecule has 0 aliphatic rings. The molecule has 0 saturated heterocycles. The lowest BCUT2D eigenvalue weighted by Gasteiger charge is -2.07. The molecule has 0 heterocycles. The number of rotatable bonds is 2. The summed E-state index contributed by atoms with van der Waals surface area (Å²) >= 11 is 0. The minimum atomic E-state index is -0.569. The summed E-state index contributed by atoms with van der Waals surface area (Å²) < 4.78 is 4.78. The lowest BCUT2D eigenvalue weighted by Crippen LogP contribution is -2.09. The zero-order valence-electron chi connectivity index (χ0n) is 8.28. The van der Waals surface area contributed by atoms with Crippen molar-refractivity contribution < 1.29 is 9.53 Å². The van der Waals surface area contributed by atoms with E-state index in [0.717, 1.165) is 0 Å². The molecular formula is C10H11N3O2. The predicted octanol–water partition coefficient (Wildman–Crippen LogP) is 0.899. The van der Waals surface area contributed by atoms with E-state index in [1.165, 1.54) is 12.1 Å². The Morgan fingerprint density at radius 2 is 2.20 bits per heavy atom. The van der Waals surface area contributed by atoms with E-state index in [4.69, 9.17) is 21.5 Å². The second-order valence-corrected chi connectivity index (χ2v) is 2.82. The Kier molecular flexibility index (Phi) is 3.13. The van der Waals surface area contributed by atoms with Crippen molar-refractivity contribution in [1.82, 2.24) is 0 Å². The molecular weight excluding hydrogens is 194 g/mol. The molecule has 0 aromatic heterocycles. The molecule has 0 saturated carbocycles. The first kappa shape index (κ1) is 10.9. The average molecular weight is 205 g/mol. The van der Waals surface area contributed by atoms with Crippen LogP contribution >= 0.6 is 0 Å². The Bertz CT molecular complexity index is 435. The molecule has 4 N–H and O–H groups in total. The minimum Gasteiger partial charge on any atom is -0.462 e. The van der Waals surface area contributed by atoms with Crippen molar-refractivity contribution in [2.75, 3.05) is 18.1 Å². The summed E-state index contributed by atoms with van der Waals surface area (Å²) in [6, 6.07) is 4.75. The molecule has 0 aliphatic carbocycles. The highest BCUT2D eigenvalue weighted by atomic mass is 16.5. The van der Waals surface area contributed by atoms with Crippen molar-refractivity contribution in [2.45, 2.75) is 6.92 Å². The van der Waals surface area contributed by atoms with Crippen molar-refractivity contribution in [2.24, 2.45) is 0 Å². The quantitative estimate of drug-likeness (QED) is 0.551. The van der Waals surface area contributed by atoms with Crippen molar-refractivity contribution >= 4 is 17.3 Å². The first-order valence-corrected chi connectivity index (χ1v) is 4.37. The number of nitrogens with zero attached hydrogens (tertiary/aromatic N) is 1. The van der Waals surface area contributed by atoms with Crippen molar-refractivity contribution in [3.8, 4) is 6.07 Å². The van der Waals surface area contributed by atoms with Gasteiger partial charge in [0.25, 0.3) is 0 Å². The third-order valence-corrected chi connectivity index (χ3v) is 1.89. The van der Waals surface area contributed by atoms with Crippen LogP contribution in [-0.4, -0.2) is 12.6 Å². The average Bonchev–Trinajstić information content (AvgIpc) is 2.22. The lowest BCUT2D eigenvalue weighted by molar-refractivity contribution is 0.0526. The van der Waals surface area contributed by atoms with Crippen LogP contribution in [0.5, 0.6) is 0 Å². The Labute approximate surface area is 87.2 Å². The van der Waals surface area contributed by atoms with Gasteiger partial charge in [-0.15, -0.1) is 0 Å². The number of nitriles is 1. The molecule has 0 unspecified atom stereocenters. The number of carbonyl (C=O) groups excluding carboxylic acids is 1. The molecule has 0 aliphatic heterocycles. The normalized spacial score (nSPS) is 9.33. The van der Waals surface area contributed by atoms with Crippen LogP contribution in [-0.2, 0) is 4.74 Å². The molecule has 0 radical (unpaired) electrons. The number of nitrogens with two attached hydrogens (primary N) is 2. The van der Waals surface area contributed by atoms with Crippen LogP contribution in [0, 0.1) is 11.3 Å². The number of benzene rings is 1. The number of ether oxygens (including phenoxy) is 1. The van der Waals surface area contributed by atoms with Gasteiger partial charge in [0.15, 0.2) is 0 Å². The second kappa shape index (κ2) is 4.33. The number of nitrogen functional groups attached to an aromatic ring is 2. The standard InChI is InChI=1S/C10H11N3O2/c1-2-15-10(14)6-3-4-8(12)9(13)7(6)5-11/h3-4H,2,12-13H2,1H3. The maximum Gasteiger partial charge on any atom is 0.339 e. The van der Waals surface area contributed by atoms with E-state index < -0.39 is 5.97 Å². The highest BCUT2D eigenvalue weighted by molar-refractivity contribution is 5.96. The van der Waals surface area contributed by atoms with E-state index in [9.17, 15) is 4.79 Å². The summed E-state index contributed by atoms with van der Waals surface area (Å²) in [6.07, 6.45) is 0. The number of carbonyl (C=O) groups is 1. The predicted molar refractivity (Wildman–Crippen MR) is 55.9 cm³/mol.